The molecule has 94 valence electrons. The molecule has 1 heterocycles. The van der Waals surface area contributed by atoms with Crippen LogP contribution in [0.4, 0.5) is 0 Å². The second kappa shape index (κ2) is 5.50. The van der Waals surface area contributed by atoms with Gasteiger partial charge in [0, 0.05) is 31.7 Å². The van der Waals surface area contributed by atoms with E-state index in [1.807, 2.05) is 0 Å². The fourth-order valence-electron chi connectivity index (χ4n) is 3.41. The molecule has 1 saturated heterocycles. The lowest BCUT2D eigenvalue weighted by molar-refractivity contribution is 0.105. The number of nitrogens with one attached hydrogen (secondary N) is 1. The molecule has 1 aliphatic carbocycles. The van der Waals surface area contributed by atoms with Crippen molar-refractivity contribution in [2.45, 2.75) is 58.5 Å². The minimum absolute atomic E-state index is 0.678. The predicted octanol–water partition coefficient (Wildman–Crippen LogP) is 2.49. The van der Waals surface area contributed by atoms with Gasteiger partial charge in [0.2, 0.25) is 0 Å². The molecule has 4 unspecified atom stereocenters. The summed E-state index contributed by atoms with van der Waals surface area (Å²) in [6, 6.07) is 1.41. The van der Waals surface area contributed by atoms with Crippen LogP contribution in [-0.2, 0) is 0 Å². The zero-order chi connectivity index (χ0) is 11.5. The highest BCUT2D eigenvalue weighted by Crippen LogP contribution is 2.29. The Balaban J connectivity index is 1.82. The molecule has 1 saturated carbocycles. The smallest absolute Gasteiger partial charge is 0.0193 e. The molecule has 2 fully saturated rings. The van der Waals surface area contributed by atoms with Crippen LogP contribution in [0.15, 0.2) is 0 Å². The standard InChI is InChI=1S/C14H28N2/c1-11-5-4-6-14(7-11)10-16-9-12(2)15-8-13(16)3/h11-15H,4-10H2,1-3H3. The fraction of sp³-hybridized carbons (Fsp3) is 1.00. The Hall–Kier alpha value is -0.0800. The van der Waals surface area contributed by atoms with Crippen LogP contribution in [0.2, 0.25) is 0 Å². The number of piperazine rings is 1. The topological polar surface area (TPSA) is 15.3 Å². The number of hydrogen-bond acceptors (Lipinski definition) is 2. The summed E-state index contributed by atoms with van der Waals surface area (Å²) in [6.45, 7) is 10.9. The third-order valence-corrected chi connectivity index (χ3v) is 4.43. The second-order valence-corrected chi connectivity index (χ2v) is 6.25. The van der Waals surface area contributed by atoms with Crippen LogP contribution < -0.4 is 5.32 Å². The van der Waals surface area contributed by atoms with Crippen LogP contribution >= 0.6 is 0 Å². The number of hydrogen-bond donors (Lipinski definition) is 1. The zero-order valence-corrected chi connectivity index (χ0v) is 11.2. The molecule has 0 aromatic carbocycles. The van der Waals surface area contributed by atoms with Crippen molar-refractivity contribution in [3.63, 3.8) is 0 Å². The predicted molar refractivity (Wildman–Crippen MR) is 69.6 cm³/mol. The van der Waals surface area contributed by atoms with Crippen LogP contribution in [0.3, 0.4) is 0 Å². The maximum absolute atomic E-state index is 3.57. The molecule has 4 atom stereocenters. The molecule has 0 aromatic rings. The van der Waals surface area contributed by atoms with Crippen LogP contribution in [0.1, 0.15) is 46.5 Å². The Kier molecular flexibility index (Phi) is 4.26. The first-order valence-electron chi connectivity index (χ1n) is 7.12. The van der Waals surface area contributed by atoms with E-state index in [1.165, 1.54) is 45.3 Å². The van der Waals surface area contributed by atoms with Gasteiger partial charge in [-0.15, -0.1) is 0 Å². The molecule has 2 heteroatoms. The molecule has 0 radical (unpaired) electrons. The van der Waals surface area contributed by atoms with Crippen LogP contribution in [0, 0.1) is 11.8 Å². The van der Waals surface area contributed by atoms with Crippen molar-refractivity contribution in [2.24, 2.45) is 11.8 Å². The Morgan fingerprint density at radius 2 is 2.00 bits per heavy atom. The van der Waals surface area contributed by atoms with Crippen molar-refractivity contribution >= 4 is 0 Å². The quantitative estimate of drug-likeness (QED) is 0.775. The summed E-state index contributed by atoms with van der Waals surface area (Å²) in [5.74, 6) is 1.94. The van der Waals surface area contributed by atoms with E-state index in [4.69, 9.17) is 0 Å². The average Bonchev–Trinajstić information content (AvgIpc) is 2.24. The Labute approximate surface area is 101 Å². The number of rotatable bonds is 2. The molecule has 0 spiro atoms. The van der Waals surface area contributed by atoms with E-state index in [9.17, 15) is 0 Å². The highest BCUT2D eigenvalue weighted by atomic mass is 15.2. The second-order valence-electron chi connectivity index (χ2n) is 6.25. The third-order valence-electron chi connectivity index (χ3n) is 4.43. The van der Waals surface area contributed by atoms with Crippen molar-refractivity contribution in [1.82, 2.24) is 10.2 Å². The lowest BCUT2D eigenvalue weighted by Gasteiger charge is -2.40. The molecule has 1 N–H and O–H groups in total. The van der Waals surface area contributed by atoms with Gasteiger partial charge in [0.15, 0.2) is 0 Å². The van der Waals surface area contributed by atoms with E-state index in [1.54, 1.807) is 0 Å². The highest BCUT2D eigenvalue weighted by molar-refractivity contribution is 4.84. The molecule has 0 bridgehead atoms. The van der Waals surface area contributed by atoms with E-state index in [2.05, 4.69) is 31.0 Å². The van der Waals surface area contributed by atoms with Gasteiger partial charge in [-0.05, 0) is 38.5 Å². The van der Waals surface area contributed by atoms with Crippen molar-refractivity contribution < 1.29 is 0 Å². The summed E-state index contributed by atoms with van der Waals surface area (Å²) < 4.78 is 0. The minimum Gasteiger partial charge on any atom is -0.311 e. The first-order valence-corrected chi connectivity index (χ1v) is 7.12. The maximum atomic E-state index is 3.57. The van der Waals surface area contributed by atoms with Crippen LogP contribution in [0.5, 0.6) is 0 Å². The van der Waals surface area contributed by atoms with E-state index >= 15 is 0 Å². The van der Waals surface area contributed by atoms with Crippen molar-refractivity contribution in [3.8, 4) is 0 Å². The molecular formula is C14H28N2. The summed E-state index contributed by atoms with van der Waals surface area (Å²) >= 11 is 0. The van der Waals surface area contributed by atoms with E-state index < -0.39 is 0 Å². The van der Waals surface area contributed by atoms with Gasteiger partial charge in [-0.2, -0.15) is 0 Å². The minimum atomic E-state index is 0.678. The summed E-state index contributed by atoms with van der Waals surface area (Å²) in [4.78, 5) is 2.71. The Morgan fingerprint density at radius 1 is 1.19 bits per heavy atom. The van der Waals surface area contributed by atoms with Gasteiger partial charge in [-0.25, -0.2) is 0 Å². The normalized spacial score (nSPS) is 42.2. The van der Waals surface area contributed by atoms with Crippen molar-refractivity contribution in [1.29, 1.82) is 0 Å². The first-order chi connectivity index (χ1) is 7.65. The van der Waals surface area contributed by atoms with Gasteiger partial charge in [0.25, 0.3) is 0 Å². The molecule has 2 aliphatic rings. The highest BCUT2D eigenvalue weighted by Gasteiger charge is 2.26. The SMILES string of the molecule is CC1CCCC(CN2CC(C)NCC2C)C1. The van der Waals surface area contributed by atoms with Gasteiger partial charge in [0.05, 0.1) is 0 Å². The molecule has 16 heavy (non-hydrogen) atoms. The fourth-order valence-corrected chi connectivity index (χ4v) is 3.41. The van der Waals surface area contributed by atoms with E-state index in [0.29, 0.717) is 6.04 Å². The van der Waals surface area contributed by atoms with Crippen molar-refractivity contribution in [2.75, 3.05) is 19.6 Å². The van der Waals surface area contributed by atoms with Crippen LogP contribution in [0.25, 0.3) is 0 Å². The summed E-state index contributed by atoms with van der Waals surface area (Å²) in [5.41, 5.74) is 0. The summed E-state index contributed by atoms with van der Waals surface area (Å²) in [6.07, 6.45) is 5.85. The molecule has 1 aliphatic heterocycles. The van der Waals surface area contributed by atoms with Crippen LogP contribution in [-0.4, -0.2) is 36.6 Å². The Bertz CT molecular complexity index is 217. The molecule has 2 rings (SSSR count). The Morgan fingerprint density at radius 3 is 2.75 bits per heavy atom. The molecule has 0 amide bonds. The largest absolute Gasteiger partial charge is 0.311 e. The lowest BCUT2D eigenvalue weighted by atomic mass is 9.82. The maximum Gasteiger partial charge on any atom is 0.0193 e. The molecular weight excluding hydrogens is 196 g/mol. The summed E-state index contributed by atoms with van der Waals surface area (Å²) in [5, 5.41) is 3.57. The van der Waals surface area contributed by atoms with Gasteiger partial charge in [-0.1, -0.05) is 19.8 Å². The summed E-state index contributed by atoms with van der Waals surface area (Å²) in [7, 11) is 0. The first kappa shape index (κ1) is 12.4. The monoisotopic (exact) mass is 224 g/mol. The van der Waals surface area contributed by atoms with E-state index in [0.717, 1.165) is 17.9 Å². The molecule has 0 aromatic heterocycles. The van der Waals surface area contributed by atoms with Gasteiger partial charge < -0.3 is 5.32 Å². The molecule has 2 nitrogen and oxygen atoms in total. The zero-order valence-electron chi connectivity index (χ0n) is 11.2. The van der Waals surface area contributed by atoms with E-state index in [-0.39, 0.29) is 0 Å². The average molecular weight is 224 g/mol. The number of nitrogens with zero attached hydrogens (tertiary/aromatic N) is 1. The van der Waals surface area contributed by atoms with Gasteiger partial charge in [0.1, 0.15) is 0 Å². The van der Waals surface area contributed by atoms with Gasteiger partial charge in [-0.3, -0.25) is 4.90 Å². The van der Waals surface area contributed by atoms with Crippen molar-refractivity contribution in [3.05, 3.63) is 0 Å². The van der Waals surface area contributed by atoms with Gasteiger partial charge >= 0.3 is 0 Å². The third kappa shape index (κ3) is 3.21. The lowest BCUT2D eigenvalue weighted by Crippen LogP contribution is -2.55.